The van der Waals surface area contributed by atoms with Crippen LogP contribution in [0.5, 0.6) is 5.75 Å². The Bertz CT molecular complexity index is 276. The number of aliphatic hydroxyl groups excluding tert-OH is 1. The number of hydrogen-bond acceptors (Lipinski definition) is 2. The molecule has 0 saturated heterocycles. The van der Waals surface area contributed by atoms with E-state index >= 15 is 0 Å². The van der Waals surface area contributed by atoms with Crippen LogP contribution in [0.2, 0.25) is 0 Å². The molecule has 108 valence electrons. The molecule has 0 fully saturated rings. The average Bonchev–Trinajstić information content (AvgIpc) is 2.21. The predicted molar refractivity (Wildman–Crippen MR) is 73.0 cm³/mol. The van der Waals surface area contributed by atoms with Crippen molar-refractivity contribution in [1.29, 1.82) is 0 Å². The van der Waals surface area contributed by atoms with E-state index < -0.39 is 0 Å². The molecule has 4 heteroatoms. The first-order valence-corrected chi connectivity index (χ1v) is 4.81. The maximum Gasteiger partial charge on any atom is 0.119 e. The smallest absolute Gasteiger partial charge is 0.119 e. The number of aliphatic hydroxyl groups is 1. The van der Waals surface area contributed by atoms with Crippen molar-refractivity contribution in [3.05, 3.63) is 29.8 Å². The van der Waals surface area contributed by atoms with Crippen molar-refractivity contribution in [3.63, 3.8) is 0 Å². The Balaban J connectivity index is -0.0000000894. The van der Waals surface area contributed by atoms with Crippen LogP contribution in [-0.4, -0.2) is 17.3 Å². The van der Waals surface area contributed by atoms with E-state index in [1.807, 2.05) is 18.2 Å². The van der Waals surface area contributed by atoms with Crippen molar-refractivity contribution in [3.8, 4) is 5.75 Å². The van der Waals surface area contributed by atoms with Gasteiger partial charge in [-0.25, -0.2) is 0 Å². The van der Waals surface area contributed by atoms with Gasteiger partial charge in [0.2, 0.25) is 0 Å². The van der Waals surface area contributed by atoms with Crippen LogP contribution in [0.15, 0.2) is 24.3 Å². The summed E-state index contributed by atoms with van der Waals surface area (Å²) >= 11 is 0. The zero-order valence-electron chi connectivity index (χ0n) is 10.2. The van der Waals surface area contributed by atoms with Crippen LogP contribution in [0, 0.1) is 0 Å². The summed E-state index contributed by atoms with van der Waals surface area (Å²) in [5.74, 6) is 0.407. The zero-order valence-corrected chi connectivity index (χ0v) is 16.1. The average molecular weight is 596 g/mol. The van der Waals surface area contributed by atoms with Gasteiger partial charge >= 0.3 is 0 Å². The van der Waals surface area contributed by atoms with Crippen molar-refractivity contribution < 1.29 is 52.3 Å². The van der Waals surface area contributed by atoms with E-state index in [0.717, 1.165) is 19.1 Å². The third-order valence-corrected chi connectivity index (χ3v) is 2.52. The number of para-hydroxylation sites is 1. The van der Waals surface area contributed by atoms with Gasteiger partial charge in [0, 0.05) is 49.2 Å². The summed E-state index contributed by atoms with van der Waals surface area (Å²) in [5, 5.41) is 16.6. The molecule has 2 nitrogen and oxygen atoms in total. The molecule has 0 amide bonds. The molecular weight excluding hydrogens is 568 g/mol. The number of rotatable bonds is 2. The quantitative estimate of drug-likeness (QED) is 0.544. The minimum atomic E-state index is 0. The second-order valence-electron chi connectivity index (χ2n) is 3.75. The second kappa shape index (κ2) is 15.4. The number of benzene rings is 1. The molecule has 1 aromatic carbocycles. The fourth-order valence-electron chi connectivity index (χ4n) is 1.24. The molecule has 0 aliphatic rings. The SMILES string of the molecule is C.C.CCC(C)(C)c1ccccc1O.CO.[W].[W]. The van der Waals surface area contributed by atoms with Crippen molar-refractivity contribution in [2.24, 2.45) is 0 Å². The Kier molecular flexibility index (Phi) is 26.5. The van der Waals surface area contributed by atoms with Gasteiger partial charge in [0.05, 0.1) is 0 Å². The van der Waals surface area contributed by atoms with Crippen molar-refractivity contribution in [2.45, 2.75) is 47.5 Å². The maximum absolute atomic E-state index is 9.58. The number of phenols is 1. The number of phenolic OH excluding ortho intramolecular Hbond substituents is 1. The summed E-state index contributed by atoms with van der Waals surface area (Å²) in [5.41, 5.74) is 1.11. The zero-order chi connectivity index (χ0) is 11.2. The molecule has 0 radical (unpaired) electrons. The number of aromatic hydroxyl groups is 1. The minimum absolute atomic E-state index is 0. The predicted octanol–water partition coefficient (Wildman–Crippen LogP) is 3.96. The summed E-state index contributed by atoms with van der Waals surface area (Å²) in [6, 6.07) is 7.54. The van der Waals surface area contributed by atoms with Crippen LogP contribution < -0.4 is 0 Å². The van der Waals surface area contributed by atoms with E-state index in [-0.39, 0.29) is 62.4 Å². The first-order chi connectivity index (χ1) is 6.58. The third-order valence-electron chi connectivity index (χ3n) is 2.52. The molecule has 0 atom stereocenters. The molecule has 0 bridgehead atoms. The van der Waals surface area contributed by atoms with E-state index in [4.69, 9.17) is 5.11 Å². The molecule has 0 unspecified atom stereocenters. The van der Waals surface area contributed by atoms with Gasteiger partial charge in [-0.1, -0.05) is 53.8 Å². The topological polar surface area (TPSA) is 40.5 Å². The fourth-order valence-corrected chi connectivity index (χ4v) is 1.24. The Morgan fingerprint density at radius 3 is 1.72 bits per heavy atom. The van der Waals surface area contributed by atoms with Crippen LogP contribution in [0.1, 0.15) is 47.6 Å². The summed E-state index contributed by atoms with van der Waals surface area (Å²) in [7, 11) is 1.00. The van der Waals surface area contributed by atoms with Gasteiger partial charge in [-0.05, 0) is 23.5 Å². The summed E-state index contributed by atoms with van der Waals surface area (Å²) in [6.45, 7) is 6.41. The third kappa shape index (κ3) is 9.31. The Hall–Kier alpha value is 0.357. The molecule has 1 rings (SSSR count). The van der Waals surface area contributed by atoms with E-state index in [0.29, 0.717) is 5.75 Å². The Morgan fingerprint density at radius 2 is 1.39 bits per heavy atom. The second-order valence-corrected chi connectivity index (χ2v) is 3.75. The summed E-state index contributed by atoms with van der Waals surface area (Å²) < 4.78 is 0. The number of hydrogen-bond donors (Lipinski definition) is 2. The van der Waals surface area contributed by atoms with Gasteiger partial charge in [0.25, 0.3) is 0 Å². The van der Waals surface area contributed by atoms with Crippen LogP contribution in [0.4, 0.5) is 0 Å². The molecule has 0 saturated carbocycles. The Labute approximate surface area is 142 Å². The monoisotopic (exact) mass is 596 g/mol. The van der Waals surface area contributed by atoms with Crippen LogP contribution in [0.25, 0.3) is 0 Å². The van der Waals surface area contributed by atoms with Crippen molar-refractivity contribution >= 4 is 0 Å². The van der Waals surface area contributed by atoms with Gasteiger partial charge in [-0.15, -0.1) is 0 Å². The van der Waals surface area contributed by atoms with Gasteiger partial charge in [-0.3, -0.25) is 0 Å². The van der Waals surface area contributed by atoms with Crippen LogP contribution >= 0.6 is 0 Å². The molecular formula is C14H28O2W2. The normalized spacial score (nSPS) is 8.06. The van der Waals surface area contributed by atoms with E-state index in [1.54, 1.807) is 6.07 Å². The van der Waals surface area contributed by atoms with Crippen LogP contribution in [0.3, 0.4) is 0 Å². The summed E-state index contributed by atoms with van der Waals surface area (Å²) in [6.07, 6.45) is 1.03. The Morgan fingerprint density at radius 1 is 1.00 bits per heavy atom. The molecule has 0 aromatic heterocycles. The van der Waals surface area contributed by atoms with Crippen molar-refractivity contribution in [1.82, 2.24) is 0 Å². The molecule has 0 heterocycles. The minimum Gasteiger partial charge on any atom is -0.508 e. The first-order valence-electron chi connectivity index (χ1n) is 4.81. The van der Waals surface area contributed by atoms with E-state index in [2.05, 4.69) is 20.8 Å². The van der Waals surface area contributed by atoms with E-state index in [1.165, 1.54) is 0 Å². The van der Waals surface area contributed by atoms with E-state index in [9.17, 15) is 5.11 Å². The first kappa shape index (κ1) is 31.0. The standard InChI is InChI=1S/C11H16O.CH4O.2CH4.2W/c1-4-11(2,3)9-7-5-6-8-10(9)12;1-2;;;;/h5-8,12H,4H2,1-3H3;2H,1H3;2*1H4;;. The fraction of sp³-hybridized carbons (Fsp3) is 0.571. The van der Waals surface area contributed by atoms with Gasteiger partial charge in [-0.2, -0.15) is 0 Å². The molecule has 0 aliphatic heterocycles. The largest absolute Gasteiger partial charge is 0.508 e. The van der Waals surface area contributed by atoms with Gasteiger partial charge in [0.15, 0.2) is 0 Å². The van der Waals surface area contributed by atoms with Gasteiger partial charge in [0.1, 0.15) is 5.75 Å². The molecule has 2 N–H and O–H groups in total. The summed E-state index contributed by atoms with van der Waals surface area (Å²) in [4.78, 5) is 0. The molecule has 1 aromatic rings. The van der Waals surface area contributed by atoms with Crippen molar-refractivity contribution in [2.75, 3.05) is 7.11 Å². The maximum atomic E-state index is 9.58. The van der Waals surface area contributed by atoms with Crippen LogP contribution in [-0.2, 0) is 47.5 Å². The molecule has 18 heavy (non-hydrogen) atoms. The molecule has 0 aliphatic carbocycles. The molecule has 0 spiro atoms. The van der Waals surface area contributed by atoms with Gasteiger partial charge < -0.3 is 10.2 Å².